The first kappa shape index (κ1) is 15.7. The molecule has 116 valence electrons. The number of aromatic nitrogens is 3. The first-order chi connectivity index (χ1) is 10.1. The number of carbonyl (C=O) groups is 2. The Balaban J connectivity index is 2.70. The van der Waals surface area contributed by atoms with Gasteiger partial charge in [0.2, 0.25) is 0 Å². The van der Waals surface area contributed by atoms with Crippen LogP contribution in [0.1, 0.15) is 39.0 Å². The lowest BCUT2D eigenvalue weighted by atomic mass is 10.2. The number of halogens is 3. The number of hydrogen-bond donors (Lipinski definition) is 1. The summed E-state index contributed by atoms with van der Waals surface area (Å²) in [4.78, 5) is 26.6. The van der Waals surface area contributed by atoms with Crippen molar-refractivity contribution in [2.75, 3.05) is 0 Å². The largest absolute Gasteiger partial charge is 0.478 e. The Morgan fingerprint density at radius 1 is 1.27 bits per heavy atom. The van der Waals surface area contributed by atoms with Gasteiger partial charge in [-0.2, -0.15) is 18.3 Å². The zero-order valence-electron chi connectivity index (χ0n) is 11.5. The van der Waals surface area contributed by atoms with Crippen LogP contribution in [-0.4, -0.2) is 31.6 Å². The smallest absolute Gasteiger partial charge is 0.416 e. The van der Waals surface area contributed by atoms with Crippen molar-refractivity contribution in [2.45, 2.75) is 20.0 Å². The van der Waals surface area contributed by atoms with E-state index in [1.807, 2.05) is 0 Å². The molecule has 2 aromatic rings. The molecule has 0 aliphatic carbocycles. The number of hydrogen-bond acceptors (Lipinski definition) is 4. The van der Waals surface area contributed by atoms with Gasteiger partial charge in [0.1, 0.15) is 11.3 Å². The second kappa shape index (κ2) is 5.24. The van der Waals surface area contributed by atoms with E-state index >= 15 is 0 Å². The Bertz CT molecular complexity index is 766. The number of carboxylic acid groups (broad SMARTS) is 1. The molecule has 2 rings (SSSR count). The van der Waals surface area contributed by atoms with E-state index in [1.165, 1.54) is 6.92 Å². The van der Waals surface area contributed by atoms with Crippen molar-refractivity contribution in [2.24, 2.45) is 0 Å². The number of pyridine rings is 1. The minimum absolute atomic E-state index is 0.0618. The van der Waals surface area contributed by atoms with E-state index in [-0.39, 0.29) is 17.2 Å². The van der Waals surface area contributed by atoms with Crippen LogP contribution in [0.5, 0.6) is 0 Å². The zero-order chi connectivity index (χ0) is 16.7. The van der Waals surface area contributed by atoms with Crippen LogP contribution in [0.3, 0.4) is 0 Å². The van der Waals surface area contributed by atoms with Gasteiger partial charge in [-0.25, -0.2) is 14.5 Å². The van der Waals surface area contributed by atoms with Gasteiger partial charge in [0, 0.05) is 12.6 Å². The van der Waals surface area contributed by atoms with Gasteiger partial charge >= 0.3 is 12.1 Å². The van der Waals surface area contributed by atoms with Gasteiger partial charge in [-0.15, -0.1) is 0 Å². The van der Waals surface area contributed by atoms with E-state index in [1.54, 1.807) is 0 Å². The Morgan fingerprint density at radius 2 is 1.91 bits per heavy atom. The molecule has 0 radical (unpaired) electrons. The van der Waals surface area contributed by atoms with Crippen molar-refractivity contribution >= 4 is 11.8 Å². The quantitative estimate of drug-likeness (QED) is 0.880. The summed E-state index contributed by atoms with van der Waals surface area (Å²) in [6.07, 6.45) is -3.70. The number of rotatable bonds is 3. The Kier molecular flexibility index (Phi) is 3.74. The van der Waals surface area contributed by atoms with Crippen LogP contribution in [0.4, 0.5) is 13.2 Å². The third kappa shape index (κ3) is 2.83. The molecule has 0 bridgehead atoms. The van der Waals surface area contributed by atoms with Crippen molar-refractivity contribution in [3.05, 3.63) is 40.8 Å². The standard InChI is InChI=1S/C13H10F3N3O3/c1-6-3-8(13(14,15)16)4-10(18-6)19-11(7(2)20)9(5-17-19)12(21)22/h3-5H,1-2H3,(H,21,22). The number of carboxylic acids is 1. The second-order valence-electron chi connectivity index (χ2n) is 4.53. The lowest BCUT2D eigenvalue weighted by Gasteiger charge is -2.11. The number of nitrogens with zero attached hydrogens (tertiary/aromatic N) is 3. The first-order valence-electron chi connectivity index (χ1n) is 5.99. The molecule has 0 aromatic carbocycles. The first-order valence-corrected chi connectivity index (χ1v) is 5.99. The van der Waals surface area contributed by atoms with Crippen molar-refractivity contribution in [3.8, 4) is 5.82 Å². The molecule has 1 N–H and O–H groups in total. The van der Waals surface area contributed by atoms with E-state index in [0.29, 0.717) is 6.07 Å². The minimum atomic E-state index is -4.60. The molecule has 9 heteroatoms. The Hall–Kier alpha value is -2.71. The normalized spacial score (nSPS) is 11.5. The highest BCUT2D eigenvalue weighted by Crippen LogP contribution is 2.30. The maximum absolute atomic E-state index is 12.8. The van der Waals surface area contributed by atoms with E-state index < -0.39 is 29.1 Å². The van der Waals surface area contributed by atoms with Crippen molar-refractivity contribution in [1.29, 1.82) is 0 Å². The van der Waals surface area contributed by atoms with Crippen LogP contribution in [0.25, 0.3) is 5.82 Å². The molecule has 0 saturated carbocycles. The van der Waals surface area contributed by atoms with Gasteiger partial charge in [-0.1, -0.05) is 0 Å². The number of Topliss-reactive ketones (excluding diaryl/α,β-unsaturated/α-hetero) is 1. The maximum atomic E-state index is 12.8. The van der Waals surface area contributed by atoms with E-state index in [2.05, 4.69) is 10.1 Å². The van der Waals surface area contributed by atoms with Crippen LogP contribution < -0.4 is 0 Å². The highest BCUT2D eigenvalue weighted by molar-refractivity contribution is 6.03. The molecule has 0 fully saturated rings. The van der Waals surface area contributed by atoms with Gasteiger partial charge in [-0.3, -0.25) is 4.79 Å². The lowest BCUT2D eigenvalue weighted by Crippen LogP contribution is -2.14. The summed E-state index contributed by atoms with van der Waals surface area (Å²) in [5.74, 6) is -2.32. The van der Waals surface area contributed by atoms with Crippen LogP contribution in [0.2, 0.25) is 0 Å². The third-order valence-electron chi connectivity index (χ3n) is 2.82. The molecule has 0 aliphatic heterocycles. The molecular weight excluding hydrogens is 303 g/mol. The highest BCUT2D eigenvalue weighted by atomic mass is 19.4. The van der Waals surface area contributed by atoms with Crippen LogP contribution in [0, 0.1) is 6.92 Å². The Morgan fingerprint density at radius 3 is 2.41 bits per heavy atom. The molecule has 0 saturated heterocycles. The van der Waals surface area contributed by atoms with Gasteiger partial charge in [-0.05, 0) is 19.1 Å². The van der Waals surface area contributed by atoms with Crippen molar-refractivity contribution in [1.82, 2.24) is 14.8 Å². The fraction of sp³-hybridized carbons (Fsp3) is 0.231. The summed E-state index contributed by atoms with van der Waals surface area (Å²) in [5, 5.41) is 12.7. The average molecular weight is 313 g/mol. The van der Waals surface area contributed by atoms with Crippen molar-refractivity contribution < 1.29 is 27.9 Å². The summed E-state index contributed by atoms with van der Waals surface area (Å²) in [6.45, 7) is 2.45. The van der Waals surface area contributed by atoms with Gasteiger partial charge in [0.15, 0.2) is 11.6 Å². The summed E-state index contributed by atoms with van der Waals surface area (Å²) in [5.41, 5.74) is -1.63. The van der Waals surface area contributed by atoms with Gasteiger partial charge in [0.25, 0.3) is 0 Å². The van der Waals surface area contributed by atoms with Crippen LogP contribution in [0.15, 0.2) is 18.3 Å². The number of aryl methyl sites for hydroxylation is 1. The van der Waals surface area contributed by atoms with Gasteiger partial charge in [0.05, 0.1) is 11.8 Å². The topological polar surface area (TPSA) is 85.1 Å². The number of alkyl halides is 3. The third-order valence-corrected chi connectivity index (χ3v) is 2.82. The molecule has 0 atom stereocenters. The molecule has 6 nitrogen and oxygen atoms in total. The van der Waals surface area contributed by atoms with Gasteiger partial charge < -0.3 is 5.11 Å². The summed E-state index contributed by atoms with van der Waals surface area (Å²) < 4.78 is 39.3. The maximum Gasteiger partial charge on any atom is 0.416 e. The molecule has 2 aromatic heterocycles. The zero-order valence-corrected chi connectivity index (χ0v) is 11.5. The fourth-order valence-electron chi connectivity index (χ4n) is 1.94. The van der Waals surface area contributed by atoms with Crippen LogP contribution in [-0.2, 0) is 6.18 Å². The molecular formula is C13H10F3N3O3. The molecule has 0 spiro atoms. The monoisotopic (exact) mass is 313 g/mol. The SMILES string of the molecule is CC(=O)c1c(C(=O)O)cnn1-c1cc(C(F)(F)F)cc(C)n1. The second-order valence-corrected chi connectivity index (χ2v) is 4.53. The molecule has 0 amide bonds. The lowest BCUT2D eigenvalue weighted by molar-refractivity contribution is -0.137. The van der Waals surface area contributed by atoms with Crippen LogP contribution >= 0.6 is 0 Å². The predicted octanol–water partition coefficient (Wildman–Crippen LogP) is 2.50. The summed E-state index contributed by atoms with van der Waals surface area (Å²) >= 11 is 0. The van der Waals surface area contributed by atoms with E-state index in [0.717, 1.165) is 23.9 Å². The predicted molar refractivity (Wildman–Crippen MR) is 68.1 cm³/mol. The molecule has 0 unspecified atom stereocenters. The summed E-state index contributed by atoms with van der Waals surface area (Å²) in [6, 6.07) is 1.55. The van der Waals surface area contributed by atoms with E-state index in [4.69, 9.17) is 5.11 Å². The Labute approximate surface area is 122 Å². The number of aromatic carboxylic acids is 1. The number of carbonyl (C=O) groups excluding carboxylic acids is 1. The van der Waals surface area contributed by atoms with E-state index in [9.17, 15) is 22.8 Å². The number of ketones is 1. The fourth-order valence-corrected chi connectivity index (χ4v) is 1.94. The molecule has 2 heterocycles. The highest BCUT2D eigenvalue weighted by Gasteiger charge is 2.32. The molecule has 22 heavy (non-hydrogen) atoms. The summed E-state index contributed by atoms with van der Waals surface area (Å²) in [7, 11) is 0. The average Bonchev–Trinajstić information content (AvgIpc) is 2.81. The molecule has 0 aliphatic rings. The minimum Gasteiger partial charge on any atom is -0.478 e. The van der Waals surface area contributed by atoms with Crippen molar-refractivity contribution in [3.63, 3.8) is 0 Å².